The number of carbonyl (C=O) groups excluding carboxylic acids is 1. The molecule has 4 fully saturated rings. The number of esters is 1. The van der Waals surface area contributed by atoms with Crippen LogP contribution in [0, 0.1) is 34.0 Å². The Morgan fingerprint density at radius 1 is 1.06 bits per heavy atom. The molecule has 0 amide bonds. The Labute approximate surface area is 197 Å². The molecule has 1 spiro atoms. The van der Waals surface area contributed by atoms with E-state index < -0.39 is 23.5 Å². The number of fused-ring (bicyclic) bond motifs is 3. The van der Waals surface area contributed by atoms with Gasteiger partial charge in [0.1, 0.15) is 11.5 Å². The molecule has 0 aliphatic heterocycles. The highest BCUT2D eigenvalue weighted by molar-refractivity contribution is 5.87. The van der Waals surface area contributed by atoms with Gasteiger partial charge in [0.05, 0.1) is 0 Å². The first-order valence-corrected chi connectivity index (χ1v) is 12.5. The normalized spacial score (nSPS) is 41.9. The molecule has 0 saturated heterocycles. The summed E-state index contributed by atoms with van der Waals surface area (Å²) in [5, 5.41) is 10.5. The number of allylic oxidation sites excluding steroid dienone is 1. The molecule has 4 aliphatic rings. The Morgan fingerprint density at radius 3 is 2.55 bits per heavy atom. The van der Waals surface area contributed by atoms with Crippen LogP contribution in [0.1, 0.15) is 70.8 Å². The minimum atomic E-state index is -1.07. The first-order valence-electron chi connectivity index (χ1n) is 12.5. The van der Waals surface area contributed by atoms with Gasteiger partial charge in [0.2, 0.25) is 0 Å². The van der Waals surface area contributed by atoms with Crippen LogP contribution in [0.3, 0.4) is 0 Å². The summed E-state index contributed by atoms with van der Waals surface area (Å²) in [5.74, 6) is -0.0785. The van der Waals surface area contributed by atoms with E-state index in [0.29, 0.717) is 23.7 Å². The highest BCUT2D eigenvalue weighted by atomic mass is 16.5. The van der Waals surface area contributed by atoms with E-state index in [9.17, 15) is 14.7 Å². The van der Waals surface area contributed by atoms with Crippen LogP contribution in [-0.4, -0.2) is 23.1 Å². The van der Waals surface area contributed by atoms with Crippen molar-refractivity contribution in [3.8, 4) is 0 Å². The molecule has 0 radical (unpaired) electrons. The van der Waals surface area contributed by atoms with E-state index in [1.807, 2.05) is 37.3 Å². The topological polar surface area (TPSA) is 63.6 Å². The quantitative estimate of drug-likeness (QED) is 0.335. The molecule has 2 bridgehead atoms. The van der Waals surface area contributed by atoms with Gasteiger partial charge in [0.25, 0.3) is 0 Å². The minimum Gasteiger partial charge on any atom is -0.481 e. The molecule has 33 heavy (non-hydrogen) atoms. The maximum Gasteiger partial charge on any atom is 0.331 e. The second-order valence-electron chi connectivity index (χ2n) is 11.6. The Hall–Kier alpha value is -2.36. The van der Waals surface area contributed by atoms with Crippen molar-refractivity contribution in [3.63, 3.8) is 0 Å². The predicted octanol–water partition coefficient (Wildman–Crippen LogP) is 6.28. The molecular weight excluding hydrogens is 412 g/mol. The van der Waals surface area contributed by atoms with E-state index in [1.54, 1.807) is 6.08 Å². The second-order valence-corrected chi connectivity index (χ2v) is 11.6. The first-order chi connectivity index (χ1) is 15.7. The van der Waals surface area contributed by atoms with Gasteiger partial charge in [-0.15, -0.1) is 0 Å². The van der Waals surface area contributed by atoms with Gasteiger partial charge < -0.3 is 9.84 Å². The van der Waals surface area contributed by atoms with E-state index >= 15 is 0 Å². The lowest BCUT2D eigenvalue weighted by atomic mass is 9.40. The highest BCUT2D eigenvalue weighted by Gasteiger charge is 2.67. The fourth-order valence-electron chi connectivity index (χ4n) is 8.62. The van der Waals surface area contributed by atoms with Gasteiger partial charge in [-0.2, -0.15) is 0 Å². The van der Waals surface area contributed by atoms with E-state index in [1.165, 1.54) is 30.9 Å². The van der Waals surface area contributed by atoms with E-state index in [2.05, 4.69) is 13.5 Å². The van der Waals surface area contributed by atoms with Gasteiger partial charge in [0.15, 0.2) is 0 Å². The summed E-state index contributed by atoms with van der Waals surface area (Å²) in [5.41, 5.74) is 1.54. The third-order valence-corrected chi connectivity index (χ3v) is 10.1. The van der Waals surface area contributed by atoms with Crippen LogP contribution >= 0.6 is 0 Å². The number of hydrogen-bond donors (Lipinski definition) is 1. The van der Waals surface area contributed by atoms with Gasteiger partial charge >= 0.3 is 11.9 Å². The molecule has 0 unspecified atom stereocenters. The number of carbonyl (C=O) groups is 2. The van der Waals surface area contributed by atoms with Crippen molar-refractivity contribution in [3.05, 3.63) is 54.1 Å². The average molecular weight is 449 g/mol. The largest absolute Gasteiger partial charge is 0.481 e. The molecule has 0 heterocycles. The lowest BCUT2D eigenvalue weighted by molar-refractivity contribution is -0.211. The van der Waals surface area contributed by atoms with Crippen molar-refractivity contribution < 1.29 is 19.4 Å². The minimum absolute atomic E-state index is 0.00759. The number of hydrogen-bond acceptors (Lipinski definition) is 3. The van der Waals surface area contributed by atoms with Crippen molar-refractivity contribution in [1.82, 2.24) is 0 Å². The Balaban J connectivity index is 1.39. The van der Waals surface area contributed by atoms with Crippen molar-refractivity contribution in [1.29, 1.82) is 0 Å². The molecule has 5 rings (SSSR count). The summed E-state index contributed by atoms with van der Waals surface area (Å²) in [6.07, 6.45) is 10.8. The third kappa shape index (κ3) is 3.40. The average Bonchev–Trinajstić information content (AvgIpc) is 3.02. The highest BCUT2D eigenvalue weighted by Crippen LogP contribution is 2.72. The van der Waals surface area contributed by atoms with E-state index in [0.717, 1.165) is 31.2 Å². The zero-order valence-electron chi connectivity index (χ0n) is 19.9. The fraction of sp³-hybridized carbons (Fsp3) is 0.586. The summed E-state index contributed by atoms with van der Waals surface area (Å²) < 4.78 is 5.88. The maximum atomic E-state index is 12.8. The van der Waals surface area contributed by atoms with Crippen LogP contribution in [0.4, 0.5) is 0 Å². The smallest absolute Gasteiger partial charge is 0.331 e. The monoisotopic (exact) mass is 448 g/mol. The summed E-state index contributed by atoms with van der Waals surface area (Å²) in [6, 6.07) is 9.59. The summed E-state index contributed by atoms with van der Waals surface area (Å²) in [6.45, 7) is 8.58. The van der Waals surface area contributed by atoms with Crippen LogP contribution in [0.15, 0.2) is 48.6 Å². The molecule has 1 aromatic carbocycles. The molecular formula is C29H36O4. The number of rotatable bonds is 4. The third-order valence-electron chi connectivity index (χ3n) is 10.1. The molecule has 4 nitrogen and oxygen atoms in total. The lowest BCUT2D eigenvalue weighted by Crippen LogP contribution is -2.63. The van der Waals surface area contributed by atoms with Crippen molar-refractivity contribution in [2.75, 3.05) is 0 Å². The van der Waals surface area contributed by atoms with Gasteiger partial charge in [-0.25, -0.2) is 4.79 Å². The zero-order chi connectivity index (χ0) is 23.4. The standard InChI is InChI=1S/C29H36O4/c1-19-17-29-16-13-22-27(2,23(29)11-10-21(19)18-29)15-14-24(28(22,3)26(31)32)33-25(30)12-9-20-7-5-4-6-8-20/h4-9,12,21-24H,1,10-11,13-18H2,2-3H3,(H,31,32)/t21-,22+,23+,24-,27-,28+,29-/m1/s1. The Kier molecular flexibility index (Phi) is 5.34. The summed E-state index contributed by atoms with van der Waals surface area (Å²) in [4.78, 5) is 25.5. The number of aliphatic carboxylic acids is 1. The number of benzene rings is 1. The van der Waals surface area contributed by atoms with Crippen LogP contribution in [0.25, 0.3) is 6.08 Å². The molecule has 1 N–H and O–H groups in total. The fourth-order valence-corrected chi connectivity index (χ4v) is 8.62. The van der Waals surface area contributed by atoms with Gasteiger partial charge in [0, 0.05) is 6.08 Å². The molecule has 0 aromatic heterocycles. The van der Waals surface area contributed by atoms with Gasteiger partial charge in [-0.1, -0.05) is 49.4 Å². The van der Waals surface area contributed by atoms with Crippen molar-refractivity contribution in [2.24, 2.45) is 34.0 Å². The van der Waals surface area contributed by atoms with E-state index in [4.69, 9.17) is 4.74 Å². The molecule has 4 aliphatic carbocycles. The first kappa shape index (κ1) is 22.4. The molecule has 176 valence electrons. The lowest BCUT2D eigenvalue weighted by Gasteiger charge is -2.64. The SMILES string of the molecule is C=C1C[C@@]23CC[C@H]4[C@@](C)(CC[C@@H](OC(=O)C=Cc5ccccc5)[C@@]4(C)C(=O)O)[C@@H]2CC[C@@H]1C3. The van der Waals surface area contributed by atoms with Crippen LogP contribution in [0.2, 0.25) is 0 Å². The second kappa shape index (κ2) is 7.85. The van der Waals surface area contributed by atoms with Crippen molar-refractivity contribution >= 4 is 18.0 Å². The van der Waals surface area contributed by atoms with Crippen LogP contribution in [-0.2, 0) is 14.3 Å². The molecule has 4 heteroatoms. The Bertz CT molecular complexity index is 996. The predicted molar refractivity (Wildman–Crippen MR) is 128 cm³/mol. The van der Waals surface area contributed by atoms with Crippen LogP contribution < -0.4 is 0 Å². The Morgan fingerprint density at radius 2 is 1.82 bits per heavy atom. The number of ether oxygens (including phenoxy) is 1. The van der Waals surface area contributed by atoms with Gasteiger partial charge in [-0.05, 0) is 98.5 Å². The van der Waals surface area contributed by atoms with E-state index in [-0.39, 0.29) is 11.3 Å². The van der Waals surface area contributed by atoms with Crippen LogP contribution in [0.5, 0.6) is 0 Å². The molecule has 1 aromatic rings. The zero-order valence-corrected chi connectivity index (χ0v) is 19.9. The number of carboxylic acids is 1. The maximum absolute atomic E-state index is 12.8. The molecule has 4 saturated carbocycles. The summed E-state index contributed by atoms with van der Waals surface area (Å²) >= 11 is 0. The number of carboxylic acid groups (broad SMARTS) is 1. The van der Waals surface area contributed by atoms with Crippen molar-refractivity contribution in [2.45, 2.75) is 71.3 Å². The van der Waals surface area contributed by atoms with Gasteiger partial charge in [-0.3, -0.25) is 4.79 Å². The summed E-state index contributed by atoms with van der Waals surface area (Å²) in [7, 11) is 0. The molecule has 7 atom stereocenters.